The number of benzene rings is 2. The number of hydrogen-bond donors (Lipinski definition) is 1. The van der Waals surface area contributed by atoms with Gasteiger partial charge in [-0.05, 0) is 42.0 Å². The highest BCUT2D eigenvalue weighted by Crippen LogP contribution is 2.24. The maximum absolute atomic E-state index is 13.3. The molecule has 0 saturated carbocycles. The molecular formula is C13H9F2NO2. The number of hydrogen-bond acceptors (Lipinski definition) is 3. The molecule has 0 amide bonds. The summed E-state index contributed by atoms with van der Waals surface area (Å²) >= 11 is 0. The molecule has 92 valence electrons. The second kappa shape index (κ2) is 5.27. The monoisotopic (exact) mass is 249 g/mol. The zero-order valence-electron chi connectivity index (χ0n) is 9.18. The van der Waals surface area contributed by atoms with E-state index >= 15 is 0 Å². The Morgan fingerprint density at radius 2 is 1.78 bits per heavy atom. The highest BCUT2D eigenvalue weighted by atomic mass is 19.1. The van der Waals surface area contributed by atoms with Gasteiger partial charge in [0.2, 0.25) is 0 Å². The van der Waals surface area contributed by atoms with Crippen LogP contribution in [0.4, 0.5) is 8.78 Å². The zero-order valence-corrected chi connectivity index (χ0v) is 9.18. The van der Waals surface area contributed by atoms with E-state index in [-0.39, 0.29) is 5.75 Å². The van der Waals surface area contributed by atoms with E-state index in [1.165, 1.54) is 12.3 Å². The van der Waals surface area contributed by atoms with Gasteiger partial charge >= 0.3 is 0 Å². The van der Waals surface area contributed by atoms with Gasteiger partial charge in [-0.3, -0.25) is 0 Å². The molecule has 0 unspecified atom stereocenters. The smallest absolute Gasteiger partial charge is 0.168 e. The Labute approximate surface area is 102 Å². The van der Waals surface area contributed by atoms with Crippen molar-refractivity contribution in [3.05, 3.63) is 59.7 Å². The normalized spacial score (nSPS) is 10.8. The quantitative estimate of drug-likeness (QED) is 0.513. The molecule has 3 nitrogen and oxygen atoms in total. The number of oxime groups is 1. The maximum atomic E-state index is 13.3. The molecule has 5 heteroatoms. The number of nitrogens with zero attached hydrogens (tertiary/aromatic N) is 1. The van der Waals surface area contributed by atoms with E-state index < -0.39 is 11.6 Å². The molecule has 0 radical (unpaired) electrons. The van der Waals surface area contributed by atoms with Crippen molar-refractivity contribution in [2.24, 2.45) is 5.16 Å². The van der Waals surface area contributed by atoms with Gasteiger partial charge in [0.15, 0.2) is 11.6 Å². The predicted molar refractivity (Wildman–Crippen MR) is 62.3 cm³/mol. The lowest BCUT2D eigenvalue weighted by molar-refractivity contribution is 0.322. The molecule has 0 aromatic heterocycles. The van der Waals surface area contributed by atoms with Crippen LogP contribution in [0.15, 0.2) is 47.6 Å². The van der Waals surface area contributed by atoms with E-state index in [0.29, 0.717) is 11.3 Å². The average molecular weight is 249 g/mol. The van der Waals surface area contributed by atoms with Gasteiger partial charge in [0.05, 0.1) is 6.21 Å². The second-order valence-corrected chi connectivity index (χ2v) is 3.49. The summed E-state index contributed by atoms with van der Waals surface area (Å²) in [6.45, 7) is 0. The lowest BCUT2D eigenvalue weighted by atomic mass is 10.2. The summed E-state index contributed by atoms with van der Waals surface area (Å²) in [5.74, 6) is -1.08. The Balaban J connectivity index is 2.18. The molecule has 2 rings (SSSR count). The molecule has 0 heterocycles. The van der Waals surface area contributed by atoms with Crippen molar-refractivity contribution in [1.29, 1.82) is 0 Å². The van der Waals surface area contributed by atoms with Gasteiger partial charge in [-0.2, -0.15) is 0 Å². The van der Waals surface area contributed by atoms with Crippen LogP contribution in [0, 0.1) is 11.6 Å². The highest BCUT2D eigenvalue weighted by molar-refractivity contribution is 5.79. The lowest BCUT2D eigenvalue weighted by Crippen LogP contribution is -1.90. The molecular weight excluding hydrogens is 240 g/mol. The van der Waals surface area contributed by atoms with Crippen molar-refractivity contribution in [2.75, 3.05) is 0 Å². The summed E-state index contributed by atoms with van der Waals surface area (Å²) < 4.78 is 31.3. The van der Waals surface area contributed by atoms with E-state index in [4.69, 9.17) is 9.94 Å². The van der Waals surface area contributed by atoms with Gasteiger partial charge in [-0.25, -0.2) is 8.78 Å². The maximum Gasteiger partial charge on any atom is 0.168 e. The largest absolute Gasteiger partial charge is 0.454 e. The number of halogens is 2. The van der Waals surface area contributed by atoms with Crippen molar-refractivity contribution in [2.45, 2.75) is 0 Å². The van der Waals surface area contributed by atoms with Crippen LogP contribution in [0.5, 0.6) is 11.5 Å². The van der Waals surface area contributed by atoms with E-state index in [9.17, 15) is 8.78 Å². The molecule has 0 atom stereocenters. The molecule has 0 bridgehead atoms. The molecule has 0 aliphatic carbocycles. The topological polar surface area (TPSA) is 41.8 Å². The van der Waals surface area contributed by atoms with Crippen LogP contribution >= 0.6 is 0 Å². The summed E-state index contributed by atoms with van der Waals surface area (Å²) in [6, 6.07) is 9.52. The second-order valence-electron chi connectivity index (χ2n) is 3.49. The first kappa shape index (κ1) is 12.0. The predicted octanol–water partition coefficient (Wildman–Crippen LogP) is 3.57. The van der Waals surface area contributed by atoms with Crippen molar-refractivity contribution in [3.8, 4) is 11.5 Å². The summed E-state index contributed by atoms with van der Waals surface area (Å²) in [6.07, 6.45) is 1.25. The van der Waals surface area contributed by atoms with Crippen LogP contribution < -0.4 is 4.74 Å². The molecule has 0 fully saturated rings. The van der Waals surface area contributed by atoms with Crippen molar-refractivity contribution >= 4 is 6.21 Å². The van der Waals surface area contributed by atoms with Crippen LogP contribution in [-0.2, 0) is 0 Å². The average Bonchev–Trinajstić information content (AvgIpc) is 2.35. The van der Waals surface area contributed by atoms with Gasteiger partial charge in [-0.1, -0.05) is 5.16 Å². The molecule has 1 N–H and O–H groups in total. The third-order valence-electron chi connectivity index (χ3n) is 2.21. The van der Waals surface area contributed by atoms with Crippen LogP contribution in [0.2, 0.25) is 0 Å². The number of ether oxygens (including phenoxy) is 1. The fraction of sp³-hybridized carbons (Fsp3) is 0. The van der Waals surface area contributed by atoms with Crippen LogP contribution in [0.25, 0.3) is 0 Å². The first-order chi connectivity index (χ1) is 8.69. The Bertz CT molecular complexity index is 568. The Morgan fingerprint density at radius 1 is 1.06 bits per heavy atom. The molecule has 0 aliphatic heterocycles. The van der Waals surface area contributed by atoms with Gasteiger partial charge < -0.3 is 9.94 Å². The fourth-order valence-corrected chi connectivity index (χ4v) is 1.37. The van der Waals surface area contributed by atoms with Gasteiger partial charge in [0.25, 0.3) is 0 Å². The minimum absolute atomic E-state index is 0.0556. The van der Waals surface area contributed by atoms with Crippen LogP contribution in [0.3, 0.4) is 0 Å². The molecule has 0 aliphatic rings. The van der Waals surface area contributed by atoms with Crippen molar-refractivity contribution in [3.63, 3.8) is 0 Å². The van der Waals surface area contributed by atoms with E-state index in [1.54, 1.807) is 24.3 Å². The molecule has 2 aromatic rings. The fourth-order valence-electron chi connectivity index (χ4n) is 1.37. The summed E-state index contributed by atoms with van der Waals surface area (Å²) in [4.78, 5) is 0. The molecule has 0 saturated heterocycles. The van der Waals surface area contributed by atoms with Gasteiger partial charge in [0.1, 0.15) is 11.6 Å². The Hall–Kier alpha value is -2.43. The summed E-state index contributed by atoms with van der Waals surface area (Å²) in [5.41, 5.74) is 0.671. The first-order valence-corrected chi connectivity index (χ1v) is 5.09. The Kier molecular flexibility index (Phi) is 3.52. The minimum atomic E-state index is -0.768. The molecule has 0 spiro atoms. The molecule has 2 aromatic carbocycles. The minimum Gasteiger partial charge on any atom is -0.454 e. The highest BCUT2D eigenvalue weighted by Gasteiger charge is 2.05. The van der Waals surface area contributed by atoms with Gasteiger partial charge in [-0.15, -0.1) is 0 Å². The number of rotatable bonds is 3. The standard InChI is InChI=1S/C13H9F2NO2/c14-10-3-6-13(12(15)7-10)18-11-4-1-9(2-5-11)8-16-17/h1-8,17H. The van der Waals surface area contributed by atoms with Gasteiger partial charge in [0, 0.05) is 6.07 Å². The van der Waals surface area contributed by atoms with E-state index in [2.05, 4.69) is 5.16 Å². The third kappa shape index (κ3) is 2.82. The zero-order chi connectivity index (χ0) is 13.0. The third-order valence-corrected chi connectivity index (χ3v) is 2.21. The molecule has 18 heavy (non-hydrogen) atoms. The van der Waals surface area contributed by atoms with E-state index in [0.717, 1.165) is 12.1 Å². The SMILES string of the molecule is ON=Cc1ccc(Oc2ccc(F)cc2F)cc1. The summed E-state index contributed by atoms with van der Waals surface area (Å²) in [7, 11) is 0. The first-order valence-electron chi connectivity index (χ1n) is 5.09. The van der Waals surface area contributed by atoms with E-state index in [1.807, 2.05) is 0 Å². The van der Waals surface area contributed by atoms with Crippen molar-refractivity contribution in [1.82, 2.24) is 0 Å². The lowest BCUT2D eigenvalue weighted by Gasteiger charge is -2.06. The van der Waals surface area contributed by atoms with Crippen molar-refractivity contribution < 1.29 is 18.7 Å². The van der Waals surface area contributed by atoms with Crippen LogP contribution in [0.1, 0.15) is 5.56 Å². The van der Waals surface area contributed by atoms with Crippen LogP contribution in [-0.4, -0.2) is 11.4 Å². The summed E-state index contributed by atoms with van der Waals surface area (Å²) in [5, 5.41) is 11.2. The Morgan fingerprint density at radius 3 is 2.39 bits per heavy atom.